The molecule has 0 N–H and O–H groups in total. The van der Waals surface area contributed by atoms with Crippen LogP contribution in [0.1, 0.15) is 11.6 Å². The van der Waals surface area contributed by atoms with Crippen molar-refractivity contribution >= 4 is 16.0 Å². The largest absolute Gasteiger partial charge is 0.497 e. The highest BCUT2D eigenvalue weighted by Gasteiger charge is 2.45. The number of hydrogen-bond donors (Lipinski definition) is 0. The van der Waals surface area contributed by atoms with E-state index in [9.17, 15) is 8.42 Å². The third-order valence-corrected chi connectivity index (χ3v) is 5.58. The molecule has 7 heteroatoms. The van der Waals surface area contributed by atoms with Crippen LogP contribution in [0.5, 0.6) is 11.5 Å². The van der Waals surface area contributed by atoms with E-state index >= 15 is 0 Å². The molecular formula is C16H16N2O4S. The molecule has 120 valence electrons. The van der Waals surface area contributed by atoms with Crippen molar-refractivity contribution in [1.29, 1.82) is 0 Å². The minimum Gasteiger partial charge on any atom is -0.497 e. The normalized spacial score (nSPS) is 22.1. The Morgan fingerprint density at radius 2 is 1.87 bits per heavy atom. The first-order chi connectivity index (χ1) is 11.1. The smallest absolute Gasteiger partial charge is 0.387 e. The van der Waals surface area contributed by atoms with Crippen LogP contribution in [-0.2, 0) is 10.3 Å². The standard InChI is InChI=1S/C16H16N2O4S/c1-21-13-8-6-12(7-9-13)17-10-15-14-4-2-3-5-16(14)22-23(19,20)18(15)11-17/h2-9,15H,10-11H2,1H3/t15-/m0/s1. The number of nitrogens with zero attached hydrogens (tertiary/aromatic N) is 2. The Kier molecular flexibility index (Phi) is 3.21. The molecule has 0 aromatic heterocycles. The van der Waals surface area contributed by atoms with Gasteiger partial charge in [0.2, 0.25) is 0 Å². The molecule has 0 amide bonds. The summed E-state index contributed by atoms with van der Waals surface area (Å²) in [5, 5.41) is 0. The van der Waals surface area contributed by atoms with Gasteiger partial charge in [-0.25, -0.2) is 0 Å². The number of anilines is 1. The van der Waals surface area contributed by atoms with E-state index < -0.39 is 10.3 Å². The SMILES string of the molecule is COc1ccc(N2C[C@H]3c4ccccc4OS(=O)(=O)N3C2)cc1. The van der Waals surface area contributed by atoms with Gasteiger partial charge in [0.05, 0.1) is 19.8 Å². The molecular weight excluding hydrogens is 316 g/mol. The van der Waals surface area contributed by atoms with Gasteiger partial charge >= 0.3 is 10.3 Å². The first-order valence-corrected chi connectivity index (χ1v) is 8.64. The van der Waals surface area contributed by atoms with Crippen LogP contribution in [0.3, 0.4) is 0 Å². The van der Waals surface area contributed by atoms with Crippen LogP contribution >= 0.6 is 0 Å². The zero-order valence-electron chi connectivity index (χ0n) is 12.5. The summed E-state index contributed by atoms with van der Waals surface area (Å²) in [5.41, 5.74) is 1.85. The summed E-state index contributed by atoms with van der Waals surface area (Å²) in [5.74, 6) is 1.19. The predicted octanol–water partition coefficient (Wildman–Crippen LogP) is 2.15. The Hall–Kier alpha value is -2.25. The van der Waals surface area contributed by atoms with Crippen LogP contribution < -0.4 is 13.8 Å². The summed E-state index contributed by atoms with van der Waals surface area (Å²) >= 11 is 0. The lowest BCUT2D eigenvalue weighted by Crippen LogP contribution is -2.39. The summed E-state index contributed by atoms with van der Waals surface area (Å²) in [6.07, 6.45) is 0. The lowest BCUT2D eigenvalue weighted by Gasteiger charge is -2.28. The van der Waals surface area contributed by atoms with E-state index in [0.29, 0.717) is 12.3 Å². The number of benzene rings is 2. The molecule has 0 unspecified atom stereocenters. The lowest BCUT2D eigenvalue weighted by atomic mass is 10.1. The predicted molar refractivity (Wildman–Crippen MR) is 85.8 cm³/mol. The molecule has 2 aromatic carbocycles. The number of para-hydroxylation sites is 1. The fraction of sp³-hybridized carbons (Fsp3) is 0.250. The molecule has 1 fully saturated rings. The number of rotatable bonds is 2. The van der Waals surface area contributed by atoms with E-state index in [1.807, 2.05) is 41.3 Å². The molecule has 2 heterocycles. The first-order valence-electron chi connectivity index (χ1n) is 7.28. The van der Waals surface area contributed by atoms with E-state index in [4.69, 9.17) is 8.92 Å². The molecule has 0 spiro atoms. The third-order valence-electron chi connectivity index (χ3n) is 4.25. The average Bonchev–Trinajstić information content (AvgIpc) is 3.01. The van der Waals surface area contributed by atoms with Gasteiger partial charge in [-0.2, -0.15) is 8.42 Å². The van der Waals surface area contributed by atoms with Gasteiger partial charge in [0.1, 0.15) is 11.5 Å². The van der Waals surface area contributed by atoms with Crippen molar-refractivity contribution in [2.75, 3.05) is 25.2 Å². The van der Waals surface area contributed by atoms with Gasteiger partial charge in [-0.15, -0.1) is 4.31 Å². The highest BCUT2D eigenvalue weighted by atomic mass is 32.2. The van der Waals surface area contributed by atoms with Crippen molar-refractivity contribution in [3.05, 3.63) is 54.1 Å². The molecule has 0 saturated carbocycles. The fourth-order valence-electron chi connectivity index (χ4n) is 3.08. The van der Waals surface area contributed by atoms with Crippen molar-refractivity contribution in [2.24, 2.45) is 0 Å². The van der Waals surface area contributed by atoms with Crippen LogP contribution in [0.25, 0.3) is 0 Å². The summed E-state index contributed by atoms with van der Waals surface area (Å²) in [7, 11) is -2.14. The van der Waals surface area contributed by atoms with Crippen LogP contribution in [-0.4, -0.2) is 33.0 Å². The Labute approximate surface area is 135 Å². The van der Waals surface area contributed by atoms with Gasteiger partial charge in [-0.3, -0.25) is 0 Å². The molecule has 4 rings (SSSR count). The Morgan fingerprint density at radius 3 is 2.61 bits per heavy atom. The molecule has 0 aliphatic carbocycles. The van der Waals surface area contributed by atoms with Gasteiger partial charge < -0.3 is 13.8 Å². The van der Waals surface area contributed by atoms with E-state index in [1.54, 1.807) is 19.2 Å². The zero-order valence-corrected chi connectivity index (χ0v) is 13.4. The Bertz CT molecular complexity index is 835. The van der Waals surface area contributed by atoms with E-state index in [1.165, 1.54) is 4.31 Å². The van der Waals surface area contributed by atoms with Gasteiger partial charge in [-0.1, -0.05) is 18.2 Å². The van der Waals surface area contributed by atoms with Gasteiger partial charge in [0.25, 0.3) is 0 Å². The van der Waals surface area contributed by atoms with Gasteiger partial charge in [-0.05, 0) is 30.3 Å². The second-order valence-electron chi connectivity index (χ2n) is 5.54. The van der Waals surface area contributed by atoms with E-state index in [2.05, 4.69) is 0 Å². The molecule has 0 bridgehead atoms. The summed E-state index contributed by atoms with van der Waals surface area (Å²) in [6.45, 7) is 0.861. The van der Waals surface area contributed by atoms with Crippen molar-refractivity contribution < 1.29 is 17.3 Å². The summed E-state index contributed by atoms with van der Waals surface area (Å²) in [4.78, 5) is 2.02. The van der Waals surface area contributed by atoms with Crippen LogP contribution in [0.15, 0.2) is 48.5 Å². The van der Waals surface area contributed by atoms with Crippen molar-refractivity contribution in [3.8, 4) is 11.5 Å². The van der Waals surface area contributed by atoms with Crippen LogP contribution in [0.4, 0.5) is 5.69 Å². The van der Waals surface area contributed by atoms with Crippen molar-refractivity contribution in [2.45, 2.75) is 6.04 Å². The fourth-order valence-corrected chi connectivity index (χ4v) is 4.32. The number of fused-ring (bicyclic) bond motifs is 3. The number of hydrogen-bond acceptors (Lipinski definition) is 5. The second-order valence-corrected chi connectivity index (χ2v) is 7.03. The minimum absolute atomic E-state index is 0.230. The maximum atomic E-state index is 12.4. The van der Waals surface area contributed by atoms with E-state index in [-0.39, 0.29) is 12.7 Å². The average molecular weight is 332 g/mol. The van der Waals surface area contributed by atoms with E-state index in [0.717, 1.165) is 17.0 Å². The maximum Gasteiger partial charge on any atom is 0.387 e. The number of ether oxygens (including phenoxy) is 1. The van der Waals surface area contributed by atoms with Crippen molar-refractivity contribution in [3.63, 3.8) is 0 Å². The van der Waals surface area contributed by atoms with Gasteiger partial charge in [0, 0.05) is 17.8 Å². The topological polar surface area (TPSA) is 59.1 Å². The zero-order chi connectivity index (χ0) is 16.0. The summed E-state index contributed by atoms with van der Waals surface area (Å²) < 4.78 is 36.5. The quantitative estimate of drug-likeness (QED) is 0.843. The first kappa shape index (κ1) is 14.3. The molecule has 6 nitrogen and oxygen atoms in total. The third kappa shape index (κ3) is 2.32. The highest BCUT2D eigenvalue weighted by Crippen LogP contribution is 2.42. The second kappa shape index (κ2) is 5.14. The van der Waals surface area contributed by atoms with Crippen LogP contribution in [0.2, 0.25) is 0 Å². The Balaban J connectivity index is 1.70. The molecule has 1 atom stereocenters. The minimum atomic E-state index is -3.76. The monoisotopic (exact) mass is 332 g/mol. The molecule has 2 aliphatic heterocycles. The Morgan fingerprint density at radius 1 is 1.13 bits per heavy atom. The maximum absolute atomic E-state index is 12.4. The molecule has 1 saturated heterocycles. The molecule has 2 aliphatic rings. The molecule has 2 aromatic rings. The van der Waals surface area contributed by atoms with Crippen LogP contribution in [0, 0.1) is 0 Å². The van der Waals surface area contributed by atoms with Crippen molar-refractivity contribution in [1.82, 2.24) is 4.31 Å². The molecule has 0 radical (unpaired) electrons. The highest BCUT2D eigenvalue weighted by molar-refractivity contribution is 7.84. The van der Waals surface area contributed by atoms with Gasteiger partial charge in [0.15, 0.2) is 0 Å². The number of methoxy groups -OCH3 is 1. The summed E-state index contributed by atoms with van der Waals surface area (Å²) in [6, 6.07) is 14.6. The lowest BCUT2D eigenvalue weighted by molar-refractivity contribution is 0.322. The molecule has 23 heavy (non-hydrogen) atoms.